The maximum atomic E-state index is 12.5. The van der Waals surface area contributed by atoms with E-state index in [0.717, 1.165) is 58.5 Å². The van der Waals surface area contributed by atoms with Gasteiger partial charge in [0.05, 0.1) is 12.5 Å². The molecule has 8 nitrogen and oxygen atoms in total. The third-order valence-corrected chi connectivity index (χ3v) is 6.41. The number of carbonyl (C=O) groups excluding carboxylic acids is 1. The van der Waals surface area contributed by atoms with Gasteiger partial charge in [0.15, 0.2) is 5.82 Å². The number of carbonyl (C=O) groups is 1. The lowest BCUT2D eigenvalue weighted by Gasteiger charge is -2.26. The van der Waals surface area contributed by atoms with Gasteiger partial charge in [0.1, 0.15) is 0 Å². The van der Waals surface area contributed by atoms with Gasteiger partial charge in [-0.05, 0) is 38.0 Å². The van der Waals surface area contributed by atoms with Gasteiger partial charge in [0, 0.05) is 45.4 Å². The second-order valence-corrected chi connectivity index (χ2v) is 8.65. The average molecular weight is 407 g/mol. The summed E-state index contributed by atoms with van der Waals surface area (Å²) >= 11 is 0. The van der Waals surface area contributed by atoms with Gasteiger partial charge in [-0.25, -0.2) is 4.79 Å². The predicted molar refractivity (Wildman–Crippen MR) is 107 cm³/mol. The zero-order valence-corrected chi connectivity index (χ0v) is 17.3. The van der Waals surface area contributed by atoms with Crippen molar-refractivity contribution in [3.63, 3.8) is 0 Å². The molecule has 3 aliphatic rings. The average Bonchev–Trinajstić information content (AvgIpc) is 3.42. The number of amides is 2. The van der Waals surface area contributed by atoms with E-state index < -0.39 is 0 Å². The standard InChI is InChI=1S/C21H34N4O4/c26-21(22-18-4-2-1-3-5-18)25-10-6-17(14-25)20-23-19(24-29-20)9-13-28-15-16-7-11-27-12-8-16/h16-18H,1-15H2,(H,22,26). The van der Waals surface area contributed by atoms with Gasteiger partial charge in [-0.3, -0.25) is 0 Å². The van der Waals surface area contributed by atoms with Crippen LogP contribution in [0.25, 0.3) is 0 Å². The van der Waals surface area contributed by atoms with Gasteiger partial charge >= 0.3 is 6.03 Å². The number of rotatable bonds is 7. The molecule has 1 aromatic rings. The van der Waals surface area contributed by atoms with Gasteiger partial charge in [0.2, 0.25) is 5.89 Å². The molecule has 1 N–H and O–H groups in total. The molecular formula is C21H34N4O4. The highest BCUT2D eigenvalue weighted by Crippen LogP contribution is 2.26. The minimum Gasteiger partial charge on any atom is -0.381 e. The maximum absolute atomic E-state index is 12.5. The quantitative estimate of drug-likeness (QED) is 0.701. The largest absolute Gasteiger partial charge is 0.381 e. The van der Waals surface area contributed by atoms with Crippen LogP contribution in [-0.4, -0.2) is 66.6 Å². The second-order valence-electron chi connectivity index (χ2n) is 8.65. The Morgan fingerprint density at radius 3 is 2.79 bits per heavy atom. The molecule has 0 bridgehead atoms. The van der Waals surface area contributed by atoms with Gasteiger partial charge in [-0.1, -0.05) is 24.4 Å². The highest BCUT2D eigenvalue weighted by Gasteiger charge is 2.32. The summed E-state index contributed by atoms with van der Waals surface area (Å²) in [6.45, 7) is 4.48. The Kier molecular flexibility index (Phi) is 7.38. The van der Waals surface area contributed by atoms with Crippen LogP contribution in [0.1, 0.15) is 69.0 Å². The molecule has 3 heterocycles. The van der Waals surface area contributed by atoms with Crippen LogP contribution in [0, 0.1) is 5.92 Å². The van der Waals surface area contributed by atoms with Crippen LogP contribution in [0.4, 0.5) is 4.79 Å². The molecule has 1 saturated carbocycles. The van der Waals surface area contributed by atoms with Gasteiger partial charge in [-0.2, -0.15) is 4.98 Å². The first-order valence-electron chi connectivity index (χ1n) is 11.3. The molecule has 2 aliphatic heterocycles. The SMILES string of the molecule is O=C(NC1CCCCC1)N1CCC(c2nc(CCOCC3CCOCC3)no2)C1. The Morgan fingerprint density at radius 1 is 1.14 bits per heavy atom. The van der Waals surface area contributed by atoms with E-state index in [9.17, 15) is 4.79 Å². The molecule has 29 heavy (non-hydrogen) atoms. The van der Waals surface area contributed by atoms with Crippen LogP contribution < -0.4 is 5.32 Å². The van der Waals surface area contributed by atoms with Gasteiger partial charge < -0.3 is 24.2 Å². The summed E-state index contributed by atoms with van der Waals surface area (Å²) in [6.07, 6.45) is 9.63. The number of urea groups is 1. The van der Waals surface area contributed by atoms with Crippen molar-refractivity contribution in [1.82, 2.24) is 20.4 Å². The van der Waals surface area contributed by atoms with E-state index in [4.69, 9.17) is 14.0 Å². The van der Waals surface area contributed by atoms with E-state index in [0.29, 0.717) is 43.2 Å². The van der Waals surface area contributed by atoms with E-state index >= 15 is 0 Å². The smallest absolute Gasteiger partial charge is 0.317 e. The molecule has 162 valence electrons. The molecular weight excluding hydrogens is 372 g/mol. The normalized spacial score (nSPS) is 24.1. The summed E-state index contributed by atoms with van der Waals surface area (Å²) in [5.74, 6) is 2.08. The monoisotopic (exact) mass is 406 g/mol. The van der Waals surface area contributed by atoms with Crippen LogP contribution in [0.5, 0.6) is 0 Å². The van der Waals surface area contributed by atoms with Crippen molar-refractivity contribution in [2.45, 2.75) is 69.7 Å². The summed E-state index contributed by atoms with van der Waals surface area (Å²) in [4.78, 5) is 19.0. The summed E-state index contributed by atoms with van der Waals surface area (Å²) < 4.78 is 16.6. The fraction of sp³-hybridized carbons (Fsp3) is 0.857. The number of ether oxygens (including phenoxy) is 2. The van der Waals surface area contributed by atoms with Crippen molar-refractivity contribution >= 4 is 6.03 Å². The lowest BCUT2D eigenvalue weighted by atomic mass is 9.96. The van der Waals surface area contributed by atoms with Crippen molar-refractivity contribution in [2.75, 3.05) is 39.5 Å². The number of nitrogens with one attached hydrogen (secondary N) is 1. The Balaban J connectivity index is 1.17. The van der Waals surface area contributed by atoms with Crippen molar-refractivity contribution in [2.24, 2.45) is 5.92 Å². The third-order valence-electron chi connectivity index (χ3n) is 6.41. The molecule has 4 rings (SSSR count). The first-order valence-corrected chi connectivity index (χ1v) is 11.3. The van der Waals surface area contributed by atoms with Gasteiger partial charge in [-0.15, -0.1) is 0 Å². The van der Waals surface area contributed by atoms with Crippen LogP contribution >= 0.6 is 0 Å². The number of hydrogen-bond donors (Lipinski definition) is 1. The van der Waals surface area contributed by atoms with Crippen LogP contribution in [0.15, 0.2) is 4.52 Å². The Hall–Kier alpha value is -1.67. The highest BCUT2D eigenvalue weighted by molar-refractivity contribution is 5.75. The molecule has 0 aromatic carbocycles. The number of nitrogens with zero attached hydrogens (tertiary/aromatic N) is 3. The molecule has 2 saturated heterocycles. The molecule has 8 heteroatoms. The van der Waals surface area contributed by atoms with Crippen LogP contribution in [0.3, 0.4) is 0 Å². The Bertz CT molecular complexity index is 640. The first kappa shape index (κ1) is 20.6. The maximum Gasteiger partial charge on any atom is 0.317 e. The summed E-state index contributed by atoms with van der Waals surface area (Å²) in [5.41, 5.74) is 0. The first-order chi connectivity index (χ1) is 14.3. The van der Waals surface area contributed by atoms with Gasteiger partial charge in [0.25, 0.3) is 0 Å². The van der Waals surface area contributed by atoms with Crippen molar-refractivity contribution in [3.8, 4) is 0 Å². The number of likely N-dealkylation sites (tertiary alicyclic amines) is 1. The van der Waals surface area contributed by atoms with Crippen LogP contribution in [-0.2, 0) is 15.9 Å². The third kappa shape index (κ3) is 5.92. The molecule has 1 aliphatic carbocycles. The highest BCUT2D eigenvalue weighted by atomic mass is 16.5. The minimum atomic E-state index is 0.0562. The van der Waals surface area contributed by atoms with E-state index in [1.54, 1.807) is 0 Å². The zero-order chi connectivity index (χ0) is 19.9. The fourth-order valence-electron chi connectivity index (χ4n) is 4.52. The zero-order valence-electron chi connectivity index (χ0n) is 17.3. The van der Waals surface area contributed by atoms with Crippen LogP contribution in [0.2, 0.25) is 0 Å². The van der Waals surface area contributed by atoms with Crippen molar-refractivity contribution in [3.05, 3.63) is 11.7 Å². The Morgan fingerprint density at radius 2 is 1.97 bits per heavy atom. The molecule has 3 fully saturated rings. The summed E-state index contributed by atoms with van der Waals surface area (Å²) in [7, 11) is 0. The molecule has 0 spiro atoms. The molecule has 1 unspecified atom stereocenters. The molecule has 1 atom stereocenters. The van der Waals surface area contributed by atoms with E-state index in [-0.39, 0.29) is 11.9 Å². The molecule has 0 radical (unpaired) electrons. The topological polar surface area (TPSA) is 89.7 Å². The Labute approximate surface area is 172 Å². The predicted octanol–water partition coefficient (Wildman–Crippen LogP) is 2.89. The molecule has 2 amide bonds. The number of aromatic nitrogens is 2. The van der Waals surface area contributed by atoms with Crippen molar-refractivity contribution < 1.29 is 18.8 Å². The second kappa shape index (κ2) is 10.4. The minimum absolute atomic E-state index is 0.0562. The lowest BCUT2D eigenvalue weighted by molar-refractivity contribution is 0.0211. The fourth-order valence-corrected chi connectivity index (χ4v) is 4.52. The lowest BCUT2D eigenvalue weighted by Crippen LogP contribution is -2.44. The summed E-state index contributed by atoms with van der Waals surface area (Å²) in [5, 5.41) is 7.30. The molecule has 1 aromatic heterocycles. The van der Waals surface area contributed by atoms with E-state index in [1.165, 1.54) is 19.3 Å². The summed E-state index contributed by atoms with van der Waals surface area (Å²) in [6, 6.07) is 0.395. The van der Waals surface area contributed by atoms with Crippen molar-refractivity contribution in [1.29, 1.82) is 0 Å². The number of hydrogen-bond acceptors (Lipinski definition) is 6. The van der Waals surface area contributed by atoms with E-state index in [1.807, 2.05) is 4.90 Å². The van der Waals surface area contributed by atoms with E-state index in [2.05, 4.69) is 15.5 Å².